The van der Waals surface area contributed by atoms with E-state index in [1.54, 1.807) is 0 Å². The Morgan fingerprint density at radius 2 is 2.00 bits per heavy atom. The molecule has 0 bridgehead atoms. The molecule has 2 aliphatic rings. The number of piperidine rings is 2. The molecule has 0 spiro atoms. The zero-order chi connectivity index (χ0) is 17.8. The summed E-state index contributed by atoms with van der Waals surface area (Å²) >= 11 is 1.84. The van der Waals surface area contributed by atoms with Gasteiger partial charge in [-0.2, -0.15) is 0 Å². The van der Waals surface area contributed by atoms with Gasteiger partial charge in [-0.1, -0.05) is 24.3 Å². The lowest BCUT2D eigenvalue weighted by molar-refractivity contribution is -0.137. The van der Waals surface area contributed by atoms with Gasteiger partial charge in [0, 0.05) is 30.6 Å². The van der Waals surface area contributed by atoms with Gasteiger partial charge in [0.2, 0.25) is 0 Å². The number of fused-ring (bicyclic) bond motifs is 1. The second-order valence-electron chi connectivity index (χ2n) is 7.25. The third-order valence-electron chi connectivity index (χ3n) is 5.58. The van der Waals surface area contributed by atoms with Gasteiger partial charge in [0.05, 0.1) is 0 Å². The van der Waals surface area contributed by atoms with Gasteiger partial charge in [0.1, 0.15) is 5.75 Å². The fraction of sp³-hybridized carbons (Fsp3) is 0.476. The van der Waals surface area contributed by atoms with E-state index in [0.717, 1.165) is 31.8 Å². The molecule has 2 saturated heterocycles. The molecule has 0 aliphatic carbocycles. The number of likely N-dealkylation sites (tertiary alicyclic amines) is 2. The van der Waals surface area contributed by atoms with Gasteiger partial charge in [-0.25, -0.2) is 0 Å². The van der Waals surface area contributed by atoms with Gasteiger partial charge in [-0.15, -0.1) is 11.3 Å². The molecule has 4 rings (SSSR count). The summed E-state index contributed by atoms with van der Waals surface area (Å²) in [6.07, 6.45) is 3.54. The van der Waals surface area contributed by atoms with Crippen LogP contribution >= 0.6 is 11.3 Å². The van der Waals surface area contributed by atoms with Gasteiger partial charge in [-0.05, 0) is 55.3 Å². The van der Waals surface area contributed by atoms with E-state index in [2.05, 4.69) is 22.4 Å². The maximum atomic E-state index is 12.6. The maximum absolute atomic E-state index is 12.6. The molecule has 2 fully saturated rings. The highest BCUT2D eigenvalue weighted by Crippen LogP contribution is 2.32. The first kappa shape index (κ1) is 17.6. The molecule has 2 aliphatic heterocycles. The van der Waals surface area contributed by atoms with Crippen molar-refractivity contribution >= 4 is 17.2 Å². The largest absolute Gasteiger partial charge is 0.484 e. The molecule has 0 radical (unpaired) electrons. The summed E-state index contributed by atoms with van der Waals surface area (Å²) < 4.78 is 5.65. The number of hydrogen-bond donors (Lipinski definition) is 0. The van der Waals surface area contributed by atoms with Gasteiger partial charge < -0.3 is 9.64 Å². The van der Waals surface area contributed by atoms with Gasteiger partial charge >= 0.3 is 0 Å². The zero-order valence-corrected chi connectivity index (χ0v) is 15.9. The molecule has 26 heavy (non-hydrogen) atoms. The second-order valence-corrected chi connectivity index (χ2v) is 8.28. The SMILES string of the molecule is O=C(COc1ccccc1)N1CC[C@@H]2[C@@H](CCCN2Cc2cccs2)C1. The Morgan fingerprint density at radius 3 is 2.81 bits per heavy atom. The minimum atomic E-state index is 0.114. The molecule has 0 N–H and O–H groups in total. The lowest BCUT2D eigenvalue weighted by Crippen LogP contribution is -2.55. The van der Waals surface area contributed by atoms with Crippen molar-refractivity contribution in [1.82, 2.24) is 9.80 Å². The molecule has 1 aromatic carbocycles. The Bertz CT molecular complexity index is 704. The molecule has 1 amide bonds. The first-order chi connectivity index (χ1) is 12.8. The standard InChI is InChI=1S/C21H26N2O2S/c24-21(16-25-18-7-2-1-3-8-18)23-12-10-20-17(14-23)6-4-11-22(20)15-19-9-5-13-26-19/h1-3,5,7-9,13,17,20H,4,6,10-12,14-16H2/t17-,20+/m0/s1. The molecule has 138 valence electrons. The Kier molecular flexibility index (Phi) is 5.56. The van der Waals surface area contributed by atoms with Crippen molar-refractivity contribution in [2.45, 2.75) is 31.8 Å². The molecule has 2 aromatic rings. The summed E-state index contributed by atoms with van der Waals surface area (Å²) in [5, 5.41) is 2.16. The van der Waals surface area contributed by atoms with E-state index in [0.29, 0.717) is 12.0 Å². The van der Waals surface area contributed by atoms with Crippen molar-refractivity contribution in [3.8, 4) is 5.75 Å². The normalized spacial score (nSPS) is 23.5. The Labute approximate surface area is 159 Å². The van der Waals surface area contributed by atoms with Crippen LogP contribution in [0.2, 0.25) is 0 Å². The lowest BCUT2D eigenvalue weighted by Gasteiger charge is -2.47. The lowest BCUT2D eigenvalue weighted by atomic mass is 9.83. The second kappa shape index (κ2) is 8.23. The molecule has 5 heteroatoms. The van der Waals surface area contributed by atoms with E-state index < -0.39 is 0 Å². The fourth-order valence-electron chi connectivity index (χ4n) is 4.29. The topological polar surface area (TPSA) is 32.8 Å². The van der Waals surface area contributed by atoms with Crippen molar-refractivity contribution in [2.75, 3.05) is 26.2 Å². The van der Waals surface area contributed by atoms with Crippen LogP contribution in [0.3, 0.4) is 0 Å². The van der Waals surface area contributed by atoms with Crippen molar-refractivity contribution in [2.24, 2.45) is 5.92 Å². The van der Waals surface area contributed by atoms with Crippen LogP contribution in [0.15, 0.2) is 47.8 Å². The van der Waals surface area contributed by atoms with Crippen LogP contribution in [0.5, 0.6) is 5.75 Å². The summed E-state index contributed by atoms with van der Waals surface area (Å²) in [5.74, 6) is 1.47. The molecule has 2 atom stereocenters. The molecule has 0 saturated carbocycles. The van der Waals surface area contributed by atoms with Crippen LogP contribution in [-0.4, -0.2) is 48.0 Å². The highest BCUT2D eigenvalue weighted by atomic mass is 32.1. The van der Waals surface area contributed by atoms with Crippen LogP contribution < -0.4 is 4.74 Å². The van der Waals surface area contributed by atoms with Gasteiger partial charge in [0.25, 0.3) is 5.91 Å². The van der Waals surface area contributed by atoms with Crippen LogP contribution in [-0.2, 0) is 11.3 Å². The Balaban J connectivity index is 1.31. The average molecular weight is 371 g/mol. The first-order valence-corrected chi connectivity index (χ1v) is 10.4. The number of ether oxygens (including phenoxy) is 1. The highest BCUT2D eigenvalue weighted by Gasteiger charge is 2.37. The van der Waals surface area contributed by atoms with E-state index in [4.69, 9.17) is 4.74 Å². The molecular weight excluding hydrogens is 344 g/mol. The molecule has 3 heterocycles. The monoisotopic (exact) mass is 370 g/mol. The van der Waals surface area contributed by atoms with E-state index in [1.165, 1.54) is 24.3 Å². The van der Waals surface area contributed by atoms with Crippen molar-refractivity contribution in [3.63, 3.8) is 0 Å². The van der Waals surface area contributed by atoms with Crippen molar-refractivity contribution < 1.29 is 9.53 Å². The minimum Gasteiger partial charge on any atom is -0.484 e. The van der Waals surface area contributed by atoms with Crippen molar-refractivity contribution in [3.05, 3.63) is 52.7 Å². The smallest absolute Gasteiger partial charge is 0.260 e. The van der Waals surface area contributed by atoms with E-state index in [9.17, 15) is 4.79 Å². The number of rotatable bonds is 5. The predicted molar refractivity (Wildman–Crippen MR) is 104 cm³/mol. The minimum absolute atomic E-state index is 0.114. The van der Waals surface area contributed by atoms with E-state index in [-0.39, 0.29) is 12.5 Å². The average Bonchev–Trinajstić information content (AvgIpc) is 3.20. The van der Waals surface area contributed by atoms with E-state index >= 15 is 0 Å². The Morgan fingerprint density at radius 1 is 1.12 bits per heavy atom. The number of benzene rings is 1. The number of amides is 1. The van der Waals surface area contributed by atoms with Gasteiger partial charge in [0.15, 0.2) is 6.61 Å². The summed E-state index contributed by atoms with van der Waals surface area (Å²) in [7, 11) is 0. The third-order valence-corrected chi connectivity index (χ3v) is 6.44. The number of carbonyl (C=O) groups is 1. The summed E-state index contributed by atoms with van der Waals surface area (Å²) in [6, 6.07) is 14.6. The summed E-state index contributed by atoms with van der Waals surface area (Å²) in [4.78, 5) is 18.7. The summed E-state index contributed by atoms with van der Waals surface area (Å²) in [6.45, 7) is 4.11. The third kappa shape index (κ3) is 4.10. The van der Waals surface area contributed by atoms with Crippen LogP contribution in [0.1, 0.15) is 24.1 Å². The van der Waals surface area contributed by atoms with Gasteiger partial charge in [-0.3, -0.25) is 9.69 Å². The number of carbonyl (C=O) groups excluding carboxylic acids is 1. The fourth-order valence-corrected chi connectivity index (χ4v) is 5.01. The van der Waals surface area contributed by atoms with Crippen molar-refractivity contribution in [1.29, 1.82) is 0 Å². The molecule has 1 aromatic heterocycles. The molecular formula is C21H26N2O2S. The predicted octanol–water partition coefficient (Wildman–Crippen LogP) is 3.64. The maximum Gasteiger partial charge on any atom is 0.260 e. The number of hydrogen-bond acceptors (Lipinski definition) is 4. The zero-order valence-electron chi connectivity index (χ0n) is 15.0. The quantitative estimate of drug-likeness (QED) is 0.806. The molecule has 4 nitrogen and oxygen atoms in total. The molecule has 0 unspecified atom stereocenters. The highest BCUT2D eigenvalue weighted by molar-refractivity contribution is 7.09. The summed E-state index contributed by atoms with van der Waals surface area (Å²) in [5.41, 5.74) is 0. The number of nitrogens with zero attached hydrogens (tertiary/aromatic N) is 2. The van der Waals surface area contributed by atoms with Crippen LogP contribution in [0.4, 0.5) is 0 Å². The number of para-hydroxylation sites is 1. The Hall–Kier alpha value is -1.85. The van der Waals surface area contributed by atoms with Crippen LogP contribution in [0, 0.1) is 5.92 Å². The van der Waals surface area contributed by atoms with E-state index in [1.807, 2.05) is 46.6 Å². The number of thiophene rings is 1. The van der Waals surface area contributed by atoms with Crippen LogP contribution in [0.25, 0.3) is 0 Å². The first-order valence-electron chi connectivity index (χ1n) is 9.51.